The predicted octanol–water partition coefficient (Wildman–Crippen LogP) is 3.76. The van der Waals surface area contributed by atoms with Crippen molar-refractivity contribution >= 4 is 24.7 Å². The zero-order chi connectivity index (χ0) is 19.7. The van der Waals surface area contributed by atoms with Crippen LogP contribution in [0, 0.1) is 11.8 Å². The third-order valence-electron chi connectivity index (χ3n) is 5.66. The van der Waals surface area contributed by atoms with Crippen LogP contribution < -0.4 is 10.4 Å². The summed E-state index contributed by atoms with van der Waals surface area (Å²) in [4.78, 5) is 11.5. The standard InChI is InChI=1S/C23H30O3Si/c1-17(21-18(2)22(24)26-21)16-25-27(23(3,4)5,19-12-8-6-9-13-19)20-14-10-7-11-15-20/h6-15,17-18,21H,16H2,1-5H3/t17-,18-,21+/m0/s1. The number of esters is 1. The van der Waals surface area contributed by atoms with Gasteiger partial charge in [0.2, 0.25) is 0 Å². The summed E-state index contributed by atoms with van der Waals surface area (Å²) in [7, 11) is -2.53. The number of hydrogen-bond donors (Lipinski definition) is 0. The molecule has 0 amide bonds. The van der Waals surface area contributed by atoms with Gasteiger partial charge in [0.05, 0.1) is 5.92 Å². The number of cyclic esters (lactones) is 1. The summed E-state index contributed by atoms with van der Waals surface area (Å²) >= 11 is 0. The molecule has 0 radical (unpaired) electrons. The molecule has 1 saturated heterocycles. The van der Waals surface area contributed by atoms with E-state index in [0.29, 0.717) is 6.61 Å². The molecule has 0 saturated carbocycles. The maximum atomic E-state index is 11.5. The van der Waals surface area contributed by atoms with Gasteiger partial charge in [0.15, 0.2) is 0 Å². The van der Waals surface area contributed by atoms with Gasteiger partial charge in [0, 0.05) is 12.5 Å². The van der Waals surface area contributed by atoms with Crippen LogP contribution in [0.25, 0.3) is 0 Å². The first kappa shape index (κ1) is 19.8. The molecule has 4 heteroatoms. The Morgan fingerprint density at radius 1 is 1.00 bits per heavy atom. The van der Waals surface area contributed by atoms with E-state index in [9.17, 15) is 4.79 Å². The van der Waals surface area contributed by atoms with Gasteiger partial charge in [-0.15, -0.1) is 0 Å². The molecule has 0 bridgehead atoms. The van der Waals surface area contributed by atoms with E-state index in [1.54, 1.807) is 0 Å². The molecule has 3 nitrogen and oxygen atoms in total. The van der Waals surface area contributed by atoms with Gasteiger partial charge in [0.1, 0.15) is 6.10 Å². The second-order valence-corrected chi connectivity index (χ2v) is 12.9. The van der Waals surface area contributed by atoms with Crippen molar-refractivity contribution in [3.63, 3.8) is 0 Å². The van der Waals surface area contributed by atoms with Crippen LogP contribution in [0.5, 0.6) is 0 Å². The molecule has 144 valence electrons. The van der Waals surface area contributed by atoms with Crippen molar-refractivity contribution in [2.24, 2.45) is 11.8 Å². The number of hydrogen-bond acceptors (Lipinski definition) is 3. The smallest absolute Gasteiger partial charge is 0.312 e. The lowest BCUT2D eigenvalue weighted by Gasteiger charge is -2.45. The summed E-state index contributed by atoms with van der Waals surface area (Å²) < 4.78 is 12.3. The monoisotopic (exact) mass is 382 g/mol. The zero-order valence-electron chi connectivity index (χ0n) is 16.9. The van der Waals surface area contributed by atoms with Gasteiger partial charge in [-0.25, -0.2) is 0 Å². The Morgan fingerprint density at radius 3 is 1.85 bits per heavy atom. The van der Waals surface area contributed by atoms with E-state index in [-0.39, 0.29) is 28.9 Å². The average molecular weight is 383 g/mol. The van der Waals surface area contributed by atoms with Crippen LogP contribution in [0.15, 0.2) is 60.7 Å². The van der Waals surface area contributed by atoms with Crippen molar-refractivity contribution in [2.75, 3.05) is 6.61 Å². The van der Waals surface area contributed by atoms with Gasteiger partial charge in [0.25, 0.3) is 8.32 Å². The van der Waals surface area contributed by atoms with Crippen LogP contribution in [0.4, 0.5) is 0 Å². The van der Waals surface area contributed by atoms with E-state index in [4.69, 9.17) is 9.16 Å². The molecule has 0 aliphatic carbocycles. The van der Waals surface area contributed by atoms with Crippen molar-refractivity contribution < 1.29 is 14.0 Å². The van der Waals surface area contributed by atoms with Crippen LogP contribution in [0.1, 0.15) is 34.6 Å². The first-order valence-corrected chi connectivity index (χ1v) is 11.6. The maximum Gasteiger partial charge on any atom is 0.312 e. The number of carbonyl (C=O) groups excluding carboxylic acids is 1. The molecule has 0 N–H and O–H groups in total. The first-order chi connectivity index (χ1) is 12.8. The molecule has 0 aromatic heterocycles. The molecule has 1 fully saturated rings. The van der Waals surface area contributed by atoms with Crippen LogP contribution in [0.2, 0.25) is 5.04 Å². The van der Waals surface area contributed by atoms with Crippen LogP contribution in [-0.4, -0.2) is 27.0 Å². The third kappa shape index (κ3) is 3.61. The van der Waals surface area contributed by atoms with Crippen LogP contribution >= 0.6 is 0 Å². The number of benzene rings is 2. The topological polar surface area (TPSA) is 35.5 Å². The third-order valence-corrected chi connectivity index (χ3v) is 10.7. The van der Waals surface area contributed by atoms with Crippen LogP contribution in [0.3, 0.4) is 0 Å². The van der Waals surface area contributed by atoms with Gasteiger partial charge in [-0.3, -0.25) is 4.79 Å². The second kappa shape index (κ2) is 7.61. The summed E-state index contributed by atoms with van der Waals surface area (Å²) in [6, 6.07) is 21.2. The summed E-state index contributed by atoms with van der Waals surface area (Å²) in [6.07, 6.45) is -0.0456. The molecule has 1 aliphatic heterocycles. The predicted molar refractivity (Wildman–Crippen MR) is 112 cm³/mol. The molecule has 27 heavy (non-hydrogen) atoms. The first-order valence-electron chi connectivity index (χ1n) is 9.73. The highest BCUT2D eigenvalue weighted by molar-refractivity contribution is 6.99. The van der Waals surface area contributed by atoms with Crippen molar-refractivity contribution in [2.45, 2.75) is 45.8 Å². The molecule has 3 atom stereocenters. The summed E-state index contributed by atoms with van der Waals surface area (Å²) in [6.45, 7) is 11.5. The Morgan fingerprint density at radius 2 is 1.48 bits per heavy atom. The summed E-state index contributed by atoms with van der Waals surface area (Å²) in [5.41, 5.74) is 0. The van der Waals surface area contributed by atoms with E-state index < -0.39 is 8.32 Å². The molecule has 0 unspecified atom stereocenters. The fourth-order valence-corrected chi connectivity index (χ4v) is 8.80. The van der Waals surface area contributed by atoms with E-state index >= 15 is 0 Å². The van der Waals surface area contributed by atoms with Crippen molar-refractivity contribution in [3.05, 3.63) is 60.7 Å². The van der Waals surface area contributed by atoms with E-state index in [1.807, 2.05) is 6.92 Å². The Hall–Kier alpha value is -1.91. The molecule has 2 aromatic carbocycles. The highest BCUT2D eigenvalue weighted by Gasteiger charge is 2.51. The Bertz CT molecular complexity index is 728. The van der Waals surface area contributed by atoms with Crippen molar-refractivity contribution in [1.29, 1.82) is 0 Å². The van der Waals surface area contributed by atoms with Gasteiger partial charge in [-0.2, -0.15) is 0 Å². The fraction of sp³-hybridized carbons (Fsp3) is 0.435. The lowest BCUT2D eigenvalue weighted by atomic mass is 9.89. The SMILES string of the molecule is C[C@@H]1C(=O)O[C@@H]1[C@@H](C)CO[Si](c1ccccc1)(c1ccccc1)C(C)(C)C. The van der Waals surface area contributed by atoms with Gasteiger partial charge >= 0.3 is 5.97 Å². The Labute approximate surface area is 163 Å². The lowest BCUT2D eigenvalue weighted by molar-refractivity contribution is -0.189. The highest BCUT2D eigenvalue weighted by atomic mass is 28.4. The average Bonchev–Trinajstić information content (AvgIpc) is 2.66. The number of carbonyl (C=O) groups is 1. The second-order valence-electron chi connectivity index (χ2n) is 8.64. The lowest BCUT2D eigenvalue weighted by Crippen LogP contribution is -2.67. The van der Waals surface area contributed by atoms with E-state index in [2.05, 4.69) is 88.4 Å². The Balaban J connectivity index is 1.98. The molecular weight excluding hydrogens is 352 g/mol. The van der Waals surface area contributed by atoms with Gasteiger partial charge < -0.3 is 9.16 Å². The normalized spacial score (nSPS) is 21.3. The van der Waals surface area contributed by atoms with Gasteiger partial charge in [-0.05, 0) is 22.3 Å². The quantitative estimate of drug-likeness (QED) is 0.564. The molecular formula is C23H30O3Si. The van der Waals surface area contributed by atoms with Crippen LogP contribution in [-0.2, 0) is 14.0 Å². The zero-order valence-corrected chi connectivity index (χ0v) is 17.9. The molecule has 2 aromatic rings. The summed E-state index contributed by atoms with van der Waals surface area (Å²) in [5.74, 6) is 0.0272. The highest BCUT2D eigenvalue weighted by Crippen LogP contribution is 2.38. The molecule has 1 aliphatic rings. The molecule has 1 heterocycles. The van der Waals surface area contributed by atoms with Crippen molar-refractivity contribution in [1.82, 2.24) is 0 Å². The number of rotatable bonds is 6. The van der Waals surface area contributed by atoms with Gasteiger partial charge in [-0.1, -0.05) is 88.4 Å². The largest absolute Gasteiger partial charge is 0.461 e. The molecule has 3 rings (SSSR count). The fourth-order valence-electron chi connectivity index (χ4n) is 4.13. The van der Waals surface area contributed by atoms with Crippen molar-refractivity contribution in [3.8, 4) is 0 Å². The maximum absolute atomic E-state index is 11.5. The van der Waals surface area contributed by atoms with E-state index in [1.165, 1.54) is 10.4 Å². The Kier molecular flexibility index (Phi) is 5.59. The minimum atomic E-state index is -2.53. The summed E-state index contributed by atoms with van der Waals surface area (Å²) in [5, 5.41) is 2.50. The molecule has 0 spiro atoms. The minimum Gasteiger partial charge on any atom is -0.461 e. The van der Waals surface area contributed by atoms with E-state index in [0.717, 1.165) is 0 Å². The number of ether oxygens (including phenoxy) is 1. The minimum absolute atomic E-state index is 0.0391.